The molecule has 0 bridgehead atoms. The van der Waals surface area contributed by atoms with Gasteiger partial charge in [0.2, 0.25) is 0 Å². The van der Waals surface area contributed by atoms with Crippen molar-refractivity contribution in [1.82, 2.24) is 0 Å². The molecule has 82 valence electrons. The summed E-state index contributed by atoms with van der Waals surface area (Å²) >= 11 is 9.37. The zero-order valence-electron chi connectivity index (χ0n) is 8.51. The van der Waals surface area contributed by atoms with Crippen LogP contribution in [0.1, 0.15) is 32.1 Å². The fraction of sp³-hybridized carbons (Fsp3) is 0.500. The zero-order valence-corrected chi connectivity index (χ0v) is 10.9. The van der Waals surface area contributed by atoms with Gasteiger partial charge in [-0.2, -0.15) is 0 Å². The van der Waals surface area contributed by atoms with Crippen molar-refractivity contribution in [3.8, 4) is 5.75 Å². The maximum Gasteiger partial charge on any atom is 0.121 e. The average molecular weight is 290 g/mol. The normalized spacial score (nSPS) is 17.7. The molecule has 0 unspecified atom stereocenters. The minimum atomic E-state index is 0.385. The van der Waals surface area contributed by atoms with E-state index in [1.165, 1.54) is 32.1 Å². The first kappa shape index (κ1) is 11.3. The van der Waals surface area contributed by atoms with Crippen molar-refractivity contribution in [1.29, 1.82) is 0 Å². The minimum Gasteiger partial charge on any atom is -0.490 e. The quantitative estimate of drug-likeness (QED) is 0.759. The highest BCUT2D eigenvalue weighted by Gasteiger charge is 2.14. The summed E-state index contributed by atoms with van der Waals surface area (Å²) in [6.45, 7) is 0. The van der Waals surface area contributed by atoms with E-state index in [4.69, 9.17) is 16.3 Å². The molecule has 1 aliphatic rings. The van der Waals surface area contributed by atoms with Crippen LogP contribution in [-0.4, -0.2) is 6.10 Å². The van der Waals surface area contributed by atoms with Gasteiger partial charge < -0.3 is 4.74 Å². The fourth-order valence-electron chi connectivity index (χ4n) is 1.93. The van der Waals surface area contributed by atoms with Crippen molar-refractivity contribution < 1.29 is 4.74 Å². The number of hydrogen-bond donors (Lipinski definition) is 0. The van der Waals surface area contributed by atoms with E-state index in [0.29, 0.717) is 11.1 Å². The Kier molecular flexibility index (Phi) is 3.92. The average Bonchev–Trinajstić information content (AvgIpc) is 2.25. The van der Waals surface area contributed by atoms with Crippen LogP contribution < -0.4 is 4.74 Å². The molecule has 2 rings (SSSR count). The molecule has 0 aliphatic heterocycles. The maximum absolute atomic E-state index is 6.00. The molecule has 0 atom stereocenters. The summed E-state index contributed by atoms with van der Waals surface area (Å²) < 4.78 is 6.80. The molecule has 1 aromatic carbocycles. The molecule has 3 heteroatoms. The molecular weight excluding hydrogens is 275 g/mol. The molecule has 1 saturated carbocycles. The van der Waals surface area contributed by atoms with E-state index in [0.717, 1.165) is 10.2 Å². The van der Waals surface area contributed by atoms with Gasteiger partial charge in [0.25, 0.3) is 0 Å². The van der Waals surface area contributed by atoms with Gasteiger partial charge in [0, 0.05) is 4.47 Å². The minimum absolute atomic E-state index is 0.385. The number of rotatable bonds is 2. The molecule has 1 nitrogen and oxygen atoms in total. The van der Waals surface area contributed by atoms with Crippen molar-refractivity contribution in [2.45, 2.75) is 38.2 Å². The van der Waals surface area contributed by atoms with E-state index in [-0.39, 0.29) is 0 Å². The lowest BCUT2D eigenvalue weighted by Crippen LogP contribution is -2.19. The molecule has 0 radical (unpaired) electrons. The Hall–Kier alpha value is -0.210. The Morgan fingerprint density at radius 3 is 2.60 bits per heavy atom. The van der Waals surface area contributed by atoms with E-state index in [9.17, 15) is 0 Å². The molecule has 0 saturated heterocycles. The van der Waals surface area contributed by atoms with Gasteiger partial charge in [-0.1, -0.05) is 18.0 Å². The van der Waals surface area contributed by atoms with Gasteiger partial charge >= 0.3 is 0 Å². The number of benzene rings is 1. The Morgan fingerprint density at radius 2 is 1.93 bits per heavy atom. The summed E-state index contributed by atoms with van der Waals surface area (Å²) in [6, 6.07) is 5.77. The summed E-state index contributed by atoms with van der Waals surface area (Å²) in [5.41, 5.74) is 0. The first-order chi connectivity index (χ1) is 7.25. The highest BCUT2D eigenvalue weighted by atomic mass is 79.9. The summed E-state index contributed by atoms with van der Waals surface area (Å²) in [5, 5.41) is 0.711. The lowest BCUT2D eigenvalue weighted by atomic mass is 9.98. The monoisotopic (exact) mass is 288 g/mol. The van der Waals surface area contributed by atoms with Gasteiger partial charge in [-0.05, 0) is 59.8 Å². The SMILES string of the molecule is Clc1cc(OC2CCCCC2)ccc1Br. The molecule has 1 aliphatic carbocycles. The van der Waals surface area contributed by atoms with Crippen LogP contribution in [-0.2, 0) is 0 Å². The highest BCUT2D eigenvalue weighted by molar-refractivity contribution is 9.10. The number of hydrogen-bond acceptors (Lipinski definition) is 1. The second kappa shape index (κ2) is 5.22. The van der Waals surface area contributed by atoms with Crippen LogP contribution in [0.15, 0.2) is 22.7 Å². The second-order valence-corrected chi connectivity index (χ2v) is 5.22. The summed E-state index contributed by atoms with van der Waals surface area (Å²) in [4.78, 5) is 0. The predicted molar refractivity (Wildman–Crippen MR) is 66.7 cm³/mol. The van der Waals surface area contributed by atoms with Crippen LogP contribution in [0.4, 0.5) is 0 Å². The Balaban J connectivity index is 2.00. The second-order valence-electron chi connectivity index (χ2n) is 3.95. The molecule has 15 heavy (non-hydrogen) atoms. The van der Waals surface area contributed by atoms with Crippen LogP contribution >= 0.6 is 27.5 Å². The highest BCUT2D eigenvalue weighted by Crippen LogP contribution is 2.29. The molecule has 0 N–H and O–H groups in total. The van der Waals surface area contributed by atoms with Gasteiger partial charge in [-0.15, -0.1) is 0 Å². The van der Waals surface area contributed by atoms with E-state index in [1.54, 1.807) is 0 Å². The number of halogens is 2. The largest absolute Gasteiger partial charge is 0.490 e. The smallest absolute Gasteiger partial charge is 0.121 e. The van der Waals surface area contributed by atoms with Crippen LogP contribution in [0.3, 0.4) is 0 Å². The topological polar surface area (TPSA) is 9.23 Å². The molecule has 0 heterocycles. The first-order valence-corrected chi connectivity index (χ1v) is 6.54. The van der Waals surface area contributed by atoms with E-state index in [1.807, 2.05) is 18.2 Å². The van der Waals surface area contributed by atoms with Crippen molar-refractivity contribution in [3.05, 3.63) is 27.7 Å². The van der Waals surface area contributed by atoms with Crippen LogP contribution in [0.25, 0.3) is 0 Å². The van der Waals surface area contributed by atoms with Crippen molar-refractivity contribution in [2.75, 3.05) is 0 Å². The van der Waals surface area contributed by atoms with Gasteiger partial charge in [0.1, 0.15) is 5.75 Å². The lowest BCUT2D eigenvalue weighted by Gasteiger charge is -2.23. The van der Waals surface area contributed by atoms with Crippen LogP contribution in [0.5, 0.6) is 5.75 Å². The Morgan fingerprint density at radius 1 is 1.20 bits per heavy atom. The third kappa shape index (κ3) is 3.12. The summed E-state index contributed by atoms with van der Waals surface area (Å²) in [6.07, 6.45) is 6.66. The standard InChI is InChI=1S/C12H14BrClO/c13-11-7-6-10(8-12(11)14)15-9-4-2-1-3-5-9/h6-9H,1-5H2. The summed E-state index contributed by atoms with van der Waals surface area (Å²) in [5.74, 6) is 0.884. The Bertz CT molecular complexity index is 334. The predicted octanol–water partition coefficient (Wildman–Crippen LogP) is 4.81. The third-order valence-electron chi connectivity index (χ3n) is 2.75. The number of ether oxygens (including phenoxy) is 1. The van der Waals surface area contributed by atoms with E-state index < -0.39 is 0 Å². The van der Waals surface area contributed by atoms with E-state index >= 15 is 0 Å². The van der Waals surface area contributed by atoms with Gasteiger partial charge in [0.15, 0.2) is 0 Å². The summed E-state index contributed by atoms with van der Waals surface area (Å²) in [7, 11) is 0. The van der Waals surface area contributed by atoms with Crippen LogP contribution in [0, 0.1) is 0 Å². The third-order valence-corrected chi connectivity index (χ3v) is 3.98. The molecular formula is C12H14BrClO. The van der Waals surface area contributed by atoms with E-state index in [2.05, 4.69) is 15.9 Å². The zero-order chi connectivity index (χ0) is 10.7. The van der Waals surface area contributed by atoms with Gasteiger partial charge in [-0.25, -0.2) is 0 Å². The van der Waals surface area contributed by atoms with Gasteiger partial charge in [0.05, 0.1) is 11.1 Å². The van der Waals surface area contributed by atoms with Crippen molar-refractivity contribution >= 4 is 27.5 Å². The van der Waals surface area contributed by atoms with Gasteiger partial charge in [-0.3, -0.25) is 0 Å². The molecule has 0 spiro atoms. The molecule has 1 fully saturated rings. The van der Waals surface area contributed by atoms with Crippen molar-refractivity contribution in [3.63, 3.8) is 0 Å². The lowest BCUT2D eigenvalue weighted by molar-refractivity contribution is 0.155. The molecule has 0 aromatic heterocycles. The van der Waals surface area contributed by atoms with Crippen LogP contribution in [0.2, 0.25) is 5.02 Å². The molecule has 0 amide bonds. The first-order valence-electron chi connectivity index (χ1n) is 5.37. The van der Waals surface area contributed by atoms with Crippen molar-refractivity contribution in [2.24, 2.45) is 0 Å². The maximum atomic E-state index is 6.00. The fourth-order valence-corrected chi connectivity index (χ4v) is 2.34. The Labute approximate surface area is 104 Å². The molecule has 1 aromatic rings.